The van der Waals surface area contributed by atoms with Gasteiger partial charge in [0.2, 0.25) is 0 Å². The Bertz CT molecular complexity index is 544. The van der Waals surface area contributed by atoms with Crippen molar-refractivity contribution in [3.63, 3.8) is 0 Å². The predicted octanol–water partition coefficient (Wildman–Crippen LogP) is 3.05. The third-order valence-corrected chi connectivity index (χ3v) is 3.47. The number of aromatic nitrogens is 3. The van der Waals surface area contributed by atoms with Crippen LogP contribution in [0.25, 0.3) is 11.5 Å². The number of hydrogen-bond donors (Lipinski definition) is 1. The zero-order chi connectivity index (χ0) is 15.1. The number of hydrogen-bond acceptors (Lipinski definition) is 4. The van der Waals surface area contributed by atoms with Gasteiger partial charge in [-0.05, 0) is 45.3 Å². The minimum absolute atomic E-state index is 0.810. The average molecular weight is 290 g/mol. The van der Waals surface area contributed by atoms with Crippen molar-refractivity contribution in [2.75, 3.05) is 13.1 Å². The van der Waals surface area contributed by atoms with E-state index in [2.05, 4.69) is 42.2 Å². The van der Waals surface area contributed by atoms with E-state index in [4.69, 9.17) is 4.42 Å². The minimum Gasteiger partial charge on any atom is -0.439 e. The number of oxazole rings is 1. The van der Waals surface area contributed by atoms with Crippen LogP contribution in [0.2, 0.25) is 0 Å². The van der Waals surface area contributed by atoms with Crippen molar-refractivity contribution >= 4 is 0 Å². The largest absolute Gasteiger partial charge is 0.439 e. The van der Waals surface area contributed by atoms with Crippen LogP contribution >= 0.6 is 0 Å². The molecule has 0 aromatic carbocycles. The van der Waals surface area contributed by atoms with Crippen LogP contribution in [0.15, 0.2) is 16.7 Å². The molecule has 0 aliphatic heterocycles. The first-order valence-corrected chi connectivity index (χ1v) is 8.01. The molecule has 0 aliphatic carbocycles. The summed E-state index contributed by atoms with van der Waals surface area (Å²) in [5.41, 5.74) is 2.12. The zero-order valence-electron chi connectivity index (χ0n) is 13.4. The molecule has 0 fully saturated rings. The number of aryl methyl sites for hydroxylation is 3. The second-order valence-electron chi connectivity index (χ2n) is 5.16. The molecule has 1 N–H and O–H groups in total. The standard InChI is InChI=1S/C16H26N4O/c1-4-9-17-10-7-8-16-18-12-15(21-16)14-11-13(5-2)19-20(14)6-3/h11-12,17H,4-10H2,1-3H3. The van der Waals surface area contributed by atoms with Gasteiger partial charge < -0.3 is 9.73 Å². The lowest BCUT2D eigenvalue weighted by Gasteiger charge is -2.01. The molecular formula is C16H26N4O. The van der Waals surface area contributed by atoms with Crippen LogP contribution in [-0.2, 0) is 19.4 Å². The molecule has 0 radical (unpaired) electrons. The van der Waals surface area contributed by atoms with Gasteiger partial charge in [0.05, 0.1) is 11.9 Å². The van der Waals surface area contributed by atoms with Gasteiger partial charge in [-0.25, -0.2) is 4.98 Å². The molecule has 0 saturated carbocycles. The van der Waals surface area contributed by atoms with E-state index in [0.717, 1.165) is 61.9 Å². The maximum atomic E-state index is 5.88. The molecule has 116 valence electrons. The minimum atomic E-state index is 0.810. The van der Waals surface area contributed by atoms with Gasteiger partial charge in [-0.2, -0.15) is 5.10 Å². The predicted molar refractivity (Wildman–Crippen MR) is 84.3 cm³/mol. The molecule has 2 heterocycles. The Balaban J connectivity index is 1.97. The van der Waals surface area contributed by atoms with E-state index in [1.165, 1.54) is 6.42 Å². The summed E-state index contributed by atoms with van der Waals surface area (Å²) in [6.45, 7) is 9.31. The third kappa shape index (κ3) is 4.17. The first-order chi connectivity index (χ1) is 10.3. The molecule has 0 amide bonds. The monoisotopic (exact) mass is 290 g/mol. The van der Waals surface area contributed by atoms with Crippen LogP contribution in [-0.4, -0.2) is 27.9 Å². The topological polar surface area (TPSA) is 55.9 Å². The SMILES string of the molecule is CCCNCCCc1ncc(-c2cc(CC)nn2CC)o1. The lowest BCUT2D eigenvalue weighted by Crippen LogP contribution is -2.16. The molecule has 0 atom stereocenters. The van der Waals surface area contributed by atoms with Crippen molar-refractivity contribution in [1.82, 2.24) is 20.1 Å². The lowest BCUT2D eigenvalue weighted by molar-refractivity contribution is 0.486. The molecule has 0 saturated heterocycles. The van der Waals surface area contributed by atoms with E-state index in [-0.39, 0.29) is 0 Å². The summed E-state index contributed by atoms with van der Waals surface area (Å²) in [6.07, 6.45) is 5.84. The highest BCUT2D eigenvalue weighted by molar-refractivity contribution is 5.52. The van der Waals surface area contributed by atoms with Crippen LogP contribution in [0.4, 0.5) is 0 Å². The van der Waals surface area contributed by atoms with E-state index in [0.29, 0.717) is 0 Å². The summed E-state index contributed by atoms with van der Waals surface area (Å²) in [6, 6.07) is 2.09. The van der Waals surface area contributed by atoms with E-state index < -0.39 is 0 Å². The molecule has 5 nitrogen and oxygen atoms in total. The summed E-state index contributed by atoms with van der Waals surface area (Å²) in [5.74, 6) is 1.63. The smallest absolute Gasteiger partial charge is 0.195 e. The summed E-state index contributed by atoms with van der Waals surface area (Å²) in [4.78, 5) is 4.39. The quantitative estimate of drug-likeness (QED) is 0.721. The molecule has 2 aromatic heterocycles. The maximum absolute atomic E-state index is 5.88. The summed E-state index contributed by atoms with van der Waals surface area (Å²) >= 11 is 0. The maximum Gasteiger partial charge on any atom is 0.195 e. The summed E-state index contributed by atoms with van der Waals surface area (Å²) < 4.78 is 7.85. The Morgan fingerprint density at radius 3 is 2.81 bits per heavy atom. The van der Waals surface area contributed by atoms with Crippen LogP contribution < -0.4 is 5.32 Å². The van der Waals surface area contributed by atoms with Gasteiger partial charge in [-0.3, -0.25) is 4.68 Å². The zero-order valence-corrected chi connectivity index (χ0v) is 13.4. The molecule has 0 bridgehead atoms. The normalized spacial score (nSPS) is 11.2. The fraction of sp³-hybridized carbons (Fsp3) is 0.625. The molecule has 0 aliphatic rings. The third-order valence-electron chi connectivity index (χ3n) is 3.47. The van der Waals surface area contributed by atoms with E-state index >= 15 is 0 Å². The van der Waals surface area contributed by atoms with Crippen LogP contribution in [0.5, 0.6) is 0 Å². The van der Waals surface area contributed by atoms with Gasteiger partial charge in [0.25, 0.3) is 0 Å². The van der Waals surface area contributed by atoms with Crippen molar-refractivity contribution < 1.29 is 4.42 Å². The Morgan fingerprint density at radius 2 is 2.10 bits per heavy atom. The molecular weight excluding hydrogens is 264 g/mol. The fourth-order valence-corrected chi connectivity index (χ4v) is 2.29. The number of rotatable bonds is 9. The van der Waals surface area contributed by atoms with Crippen molar-refractivity contribution in [3.8, 4) is 11.5 Å². The highest BCUT2D eigenvalue weighted by atomic mass is 16.4. The Kier molecular flexibility index (Phi) is 5.99. The Labute approximate surface area is 126 Å². The average Bonchev–Trinajstić information content (AvgIpc) is 3.12. The van der Waals surface area contributed by atoms with E-state index in [9.17, 15) is 0 Å². The molecule has 5 heteroatoms. The first-order valence-electron chi connectivity index (χ1n) is 8.01. The molecule has 2 aromatic rings. The van der Waals surface area contributed by atoms with E-state index in [1.54, 1.807) is 0 Å². The van der Waals surface area contributed by atoms with Crippen LogP contribution in [0.3, 0.4) is 0 Å². The molecule has 0 spiro atoms. The van der Waals surface area contributed by atoms with Gasteiger partial charge in [0.1, 0.15) is 5.69 Å². The first kappa shape index (κ1) is 15.8. The van der Waals surface area contributed by atoms with Gasteiger partial charge in [0.15, 0.2) is 11.7 Å². The van der Waals surface area contributed by atoms with Crippen molar-refractivity contribution in [3.05, 3.63) is 23.8 Å². The Hall–Kier alpha value is -1.62. The number of nitrogens with zero attached hydrogens (tertiary/aromatic N) is 3. The second kappa shape index (κ2) is 7.98. The van der Waals surface area contributed by atoms with Gasteiger partial charge in [-0.15, -0.1) is 0 Å². The van der Waals surface area contributed by atoms with Crippen molar-refractivity contribution in [2.24, 2.45) is 0 Å². The van der Waals surface area contributed by atoms with Crippen LogP contribution in [0.1, 0.15) is 45.2 Å². The van der Waals surface area contributed by atoms with Gasteiger partial charge in [0, 0.05) is 13.0 Å². The van der Waals surface area contributed by atoms with Crippen LogP contribution in [0, 0.1) is 0 Å². The second-order valence-corrected chi connectivity index (χ2v) is 5.16. The molecule has 0 unspecified atom stereocenters. The van der Waals surface area contributed by atoms with Gasteiger partial charge in [-0.1, -0.05) is 13.8 Å². The Morgan fingerprint density at radius 1 is 1.24 bits per heavy atom. The van der Waals surface area contributed by atoms with Crippen molar-refractivity contribution in [2.45, 2.75) is 53.0 Å². The fourth-order valence-electron chi connectivity index (χ4n) is 2.29. The van der Waals surface area contributed by atoms with Crippen molar-refractivity contribution in [1.29, 1.82) is 0 Å². The molecule has 21 heavy (non-hydrogen) atoms. The lowest BCUT2D eigenvalue weighted by atomic mass is 10.3. The molecule has 2 rings (SSSR count). The number of nitrogens with one attached hydrogen (secondary N) is 1. The summed E-state index contributed by atoms with van der Waals surface area (Å²) in [5, 5.41) is 7.94. The van der Waals surface area contributed by atoms with Gasteiger partial charge >= 0.3 is 0 Å². The highest BCUT2D eigenvalue weighted by Crippen LogP contribution is 2.22. The highest BCUT2D eigenvalue weighted by Gasteiger charge is 2.13. The summed E-state index contributed by atoms with van der Waals surface area (Å²) in [7, 11) is 0. The van der Waals surface area contributed by atoms with E-state index in [1.807, 2.05) is 10.9 Å².